The highest BCUT2D eigenvalue weighted by Crippen LogP contribution is 2.36. The third kappa shape index (κ3) is 2.25. The molecule has 0 aliphatic carbocycles. The Kier molecular flexibility index (Phi) is 3.25. The van der Waals surface area contributed by atoms with E-state index in [0.717, 1.165) is 19.6 Å². The first-order valence-electron chi connectivity index (χ1n) is 4.63. The molecule has 0 aromatic carbocycles. The molecule has 1 aromatic heterocycles. The average molecular weight is 217 g/mol. The Hall–Kier alpha value is -0.0500. The predicted molar refractivity (Wildman–Crippen MR) is 56.5 cm³/mol. The second kappa shape index (κ2) is 4.45. The first-order valence-corrected chi connectivity index (χ1v) is 5.95. The number of halogens is 1. The van der Waals surface area contributed by atoms with Crippen molar-refractivity contribution in [3.63, 3.8) is 0 Å². The summed E-state index contributed by atoms with van der Waals surface area (Å²) in [5.41, 5.74) is 0. The molecule has 13 heavy (non-hydrogen) atoms. The van der Waals surface area contributed by atoms with Crippen LogP contribution >= 0.6 is 22.9 Å². The van der Waals surface area contributed by atoms with E-state index in [-0.39, 0.29) is 5.38 Å². The van der Waals surface area contributed by atoms with Crippen LogP contribution in [0.15, 0.2) is 17.5 Å². The van der Waals surface area contributed by atoms with Gasteiger partial charge in [0.1, 0.15) is 0 Å². The van der Waals surface area contributed by atoms with E-state index in [1.807, 2.05) is 0 Å². The van der Waals surface area contributed by atoms with E-state index in [1.165, 1.54) is 11.3 Å². The van der Waals surface area contributed by atoms with Gasteiger partial charge in [0, 0.05) is 17.4 Å². The Morgan fingerprint density at radius 2 is 2.54 bits per heavy atom. The van der Waals surface area contributed by atoms with Crippen LogP contribution in [0.2, 0.25) is 0 Å². The molecule has 2 heterocycles. The lowest BCUT2D eigenvalue weighted by atomic mass is 9.97. The molecule has 1 nitrogen and oxygen atoms in total. The molecule has 2 unspecified atom stereocenters. The van der Waals surface area contributed by atoms with Crippen LogP contribution in [-0.4, -0.2) is 13.2 Å². The monoisotopic (exact) mass is 216 g/mol. The van der Waals surface area contributed by atoms with Gasteiger partial charge in [-0.1, -0.05) is 6.07 Å². The van der Waals surface area contributed by atoms with Gasteiger partial charge < -0.3 is 4.74 Å². The van der Waals surface area contributed by atoms with Crippen molar-refractivity contribution in [1.29, 1.82) is 0 Å². The van der Waals surface area contributed by atoms with Crippen LogP contribution in [0, 0.1) is 5.92 Å². The summed E-state index contributed by atoms with van der Waals surface area (Å²) in [6.45, 7) is 1.73. The predicted octanol–water partition coefficient (Wildman–Crippen LogP) is 3.45. The highest BCUT2D eigenvalue weighted by molar-refractivity contribution is 7.10. The van der Waals surface area contributed by atoms with Crippen LogP contribution < -0.4 is 0 Å². The minimum atomic E-state index is 0.153. The normalized spacial score (nSPS) is 25.8. The van der Waals surface area contributed by atoms with Gasteiger partial charge in [-0.15, -0.1) is 22.9 Å². The highest BCUT2D eigenvalue weighted by Gasteiger charge is 2.24. The summed E-state index contributed by atoms with van der Waals surface area (Å²) in [7, 11) is 0. The van der Waals surface area contributed by atoms with Gasteiger partial charge in [0.2, 0.25) is 0 Å². The number of alkyl halides is 1. The van der Waals surface area contributed by atoms with Crippen molar-refractivity contribution in [2.45, 2.75) is 18.2 Å². The lowest BCUT2D eigenvalue weighted by Gasteiger charge is -2.25. The smallest absolute Gasteiger partial charge is 0.0728 e. The Bertz CT molecular complexity index is 241. The average Bonchev–Trinajstić information content (AvgIpc) is 2.71. The molecule has 2 atom stereocenters. The number of thiophene rings is 1. The van der Waals surface area contributed by atoms with Crippen LogP contribution in [0.5, 0.6) is 0 Å². The van der Waals surface area contributed by atoms with Gasteiger partial charge in [-0.25, -0.2) is 0 Å². The first-order chi connectivity index (χ1) is 6.38. The van der Waals surface area contributed by atoms with Crippen LogP contribution in [0.1, 0.15) is 23.1 Å². The second-order valence-electron chi connectivity index (χ2n) is 3.39. The van der Waals surface area contributed by atoms with Crippen molar-refractivity contribution < 1.29 is 4.74 Å². The molecule has 0 saturated carbocycles. The lowest BCUT2D eigenvalue weighted by Crippen LogP contribution is -2.20. The lowest BCUT2D eigenvalue weighted by molar-refractivity contribution is 0.0534. The Balaban J connectivity index is 1.99. The molecule has 1 fully saturated rings. The molecule has 2 rings (SSSR count). The van der Waals surface area contributed by atoms with Gasteiger partial charge in [-0.05, 0) is 24.3 Å². The fourth-order valence-corrected chi connectivity index (χ4v) is 2.90. The minimum Gasteiger partial charge on any atom is -0.381 e. The fraction of sp³-hybridized carbons (Fsp3) is 0.600. The number of hydrogen-bond acceptors (Lipinski definition) is 2. The summed E-state index contributed by atoms with van der Waals surface area (Å²) in [4.78, 5) is 1.28. The van der Waals surface area contributed by atoms with E-state index in [2.05, 4.69) is 17.5 Å². The molecule has 0 amide bonds. The summed E-state index contributed by atoms with van der Waals surface area (Å²) in [5, 5.41) is 2.23. The van der Waals surface area contributed by atoms with Crippen molar-refractivity contribution in [3.05, 3.63) is 22.4 Å². The molecule has 0 N–H and O–H groups in total. The number of rotatable bonds is 2. The van der Waals surface area contributed by atoms with Crippen LogP contribution in [0.3, 0.4) is 0 Å². The van der Waals surface area contributed by atoms with E-state index in [4.69, 9.17) is 16.3 Å². The maximum atomic E-state index is 6.36. The quantitative estimate of drug-likeness (QED) is 0.689. The van der Waals surface area contributed by atoms with E-state index < -0.39 is 0 Å². The zero-order chi connectivity index (χ0) is 9.10. The summed E-state index contributed by atoms with van der Waals surface area (Å²) in [6, 6.07) is 4.16. The van der Waals surface area contributed by atoms with Crippen molar-refractivity contribution >= 4 is 22.9 Å². The zero-order valence-electron chi connectivity index (χ0n) is 7.41. The molecule has 1 saturated heterocycles. The second-order valence-corrected chi connectivity index (χ2v) is 4.84. The van der Waals surface area contributed by atoms with E-state index >= 15 is 0 Å². The minimum absolute atomic E-state index is 0.153. The molecule has 0 radical (unpaired) electrons. The molecule has 1 aromatic rings. The van der Waals surface area contributed by atoms with Crippen LogP contribution in [-0.2, 0) is 4.74 Å². The molecular weight excluding hydrogens is 204 g/mol. The van der Waals surface area contributed by atoms with Crippen molar-refractivity contribution in [1.82, 2.24) is 0 Å². The van der Waals surface area contributed by atoms with Gasteiger partial charge >= 0.3 is 0 Å². The molecule has 1 aliphatic rings. The van der Waals surface area contributed by atoms with Gasteiger partial charge in [0.05, 0.1) is 12.0 Å². The Morgan fingerprint density at radius 1 is 1.62 bits per heavy atom. The standard InChI is InChI=1S/C10H13ClOS/c11-10(9-4-2-6-13-9)8-3-1-5-12-7-8/h2,4,6,8,10H,1,3,5,7H2. The first kappa shape index (κ1) is 9.50. The maximum absolute atomic E-state index is 6.36. The third-order valence-corrected chi connectivity index (χ3v) is 4.10. The number of hydrogen-bond donors (Lipinski definition) is 0. The largest absolute Gasteiger partial charge is 0.381 e. The summed E-state index contributed by atoms with van der Waals surface area (Å²) >= 11 is 8.09. The fourth-order valence-electron chi connectivity index (χ4n) is 1.68. The van der Waals surface area contributed by atoms with E-state index in [0.29, 0.717) is 5.92 Å². The van der Waals surface area contributed by atoms with Gasteiger partial charge in [-0.3, -0.25) is 0 Å². The third-order valence-electron chi connectivity index (χ3n) is 2.42. The molecular formula is C10H13ClOS. The van der Waals surface area contributed by atoms with Crippen molar-refractivity contribution in [2.75, 3.05) is 13.2 Å². The molecule has 72 valence electrons. The van der Waals surface area contributed by atoms with Gasteiger partial charge in [0.15, 0.2) is 0 Å². The van der Waals surface area contributed by atoms with E-state index in [9.17, 15) is 0 Å². The van der Waals surface area contributed by atoms with E-state index in [1.54, 1.807) is 11.3 Å². The molecule has 1 aliphatic heterocycles. The molecule has 3 heteroatoms. The topological polar surface area (TPSA) is 9.23 Å². The van der Waals surface area contributed by atoms with Gasteiger partial charge in [0.25, 0.3) is 0 Å². The maximum Gasteiger partial charge on any atom is 0.0728 e. The Morgan fingerprint density at radius 3 is 3.15 bits per heavy atom. The van der Waals surface area contributed by atoms with Crippen LogP contribution in [0.4, 0.5) is 0 Å². The highest BCUT2D eigenvalue weighted by atomic mass is 35.5. The number of ether oxygens (including phenoxy) is 1. The summed E-state index contributed by atoms with van der Waals surface area (Å²) in [6.07, 6.45) is 2.35. The SMILES string of the molecule is ClC(c1cccs1)C1CCCOC1. The van der Waals surface area contributed by atoms with Crippen LogP contribution in [0.25, 0.3) is 0 Å². The zero-order valence-corrected chi connectivity index (χ0v) is 8.98. The molecule has 0 bridgehead atoms. The van der Waals surface area contributed by atoms with Crippen molar-refractivity contribution in [3.8, 4) is 0 Å². The summed E-state index contributed by atoms with van der Waals surface area (Å²) in [5.74, 6) is 0.508. The van der Waals surface area contributed by atoms with Crippen molar-refractivity contribution in [2.24, 2.45) is 5.92 Å². The summed E-state index contributed by atoms with van der Waals surface area (Å²) < 4.78 is 5.42. The Labute approximate surface area is 87.7 Å². The molecule has 0 spiro atoms. The van der Waals surface area contributed by atoms with Gasteiger partial charge in [-0.2, -0.15) is 0 Å².